The highest BCUT2D eigenvalue weighted by atomic mass is 35.5. The third-order valence-electron chi connectivity index (χ3n) is 2.85. The third kappa shape index (κ3) is 4.53. The zero-order chi connectivity index (χ0) is 13.7. The number of carbonyl (C=O) groups is 1. The Hall–Kier alpha value is -1.04. The van der Waals surface area contributed by atoms with Gasteiger partial charge in [0.15, 0.2) is 0 Å². The molecule has 0 radical (unpaired) electrons. The highest BCUT2D eigenvalue weighted by Gasteiger charge is 2.31. The predicted molar refractivity (Wildman–Crippen MR) is 78.2 cm³/mol. The molecule has 0 aliphatic carbocycles. The number of carbonyl (C=O) groups excluding carboxylic acids is 1. The van der Waals surface area contributed by atoms with Crippen LogP contribution in [-0.2, 0) is 4.79 Å². The number of aromatic nitrogens is 1. The first kappa shape index (κ1) is 14.4. The standard InChI is InChI=1S/C13H15ClN2O2S/c14-11-3-1-10(7-15-11)2-4-12(17)16-8-13(18)5-6-19-9-13/h1-4,7,18H,5-6,8-9H2,(H,16,17)/b4-2+. The van der Waals surface area contributed by atoms with Gasteiger partial charge in [-0.15, -0.1) is 0 Å². The monoisotopic (exact) mass is 298 g/mol. The van der Waals surface area contributed by atoms with E-state index in [4.69, 9.17) is 11.6 Å². The molecule has 1 aromatic heterocycles. The number of pyridine rings is 1. The summed E-state index contributed by atoms with van der Waals surface area (Å²) in [4.78, 5) is 15.5. The summed E-state index contributed by atoms with van der Waals surface area (Å²) < 4.78 is 0. The molecule has 2 rings (SSSR count). The lowest BCUT2D eigenvalue weighted by Crippen LogP contribution is -2.42. The molecule has 1 aliphatic heterocycles. The minimum absolute atomic E-state index is 0.222. The Morgan fingerprint density at radius 2 is 2.47 bits per heavy atom. The van der Waals surface area contributed by atoms with Crippen LogP contribution in [0, 0.1) is 0 Å². The summed E-state index contributed by atoms with van der Waals surface area (Å²) in [5.41, 5.74) is 0.0467. The Bertz CT molecular complexity index is 470. The van der Waals surface area contributed by atoms with Crippen LogP contribution in [0.2, 0.25) is 5.15 Å². The number of nitrogens with one attached hydrogen (secondary N) is 1. The van der Waals surface area contributed by atoms with Crippen molar-refractivity contribution in [2.45, 2.75) is 12.0 Å². The molecule has 2 N–H and O–H groups in total. The molecule has 19 heavy (non-hydrogen) atoms. The fourth-order valence-electron chi connectivity index (χ4n) is 1.70. The molecule has 0 bridgehead atoms. The molecule has 1 fully saturated rings. The van der Waals surface area contributed by atoms with Crippen molar-refractivity contribution >= 4 is 35.3 Å². The maximum atomic E-state index is 11.6. The Balaban J connectivity index is 1.82. The Kier molecular flexibility index (Phi) is 4.85. The van der Waals surface area contributed by atoms with Crippen molar-refractivity contribution < 1.29 is 9.90 Å². The van der Waals surface area contributed by atoms with E-state index >= 15 is 0 Å². The molecule has 2 heterocycles. The minimum Gasteiger partial charge on any atom is -0.387 e. The number of hydrogen-bond acceptors (Lipinski definition) is 4. The molecule has 1 atom stereocenters. The van der Waals surface area contributed by atoms with Crippen molar-refractivity contribution in [1.29, 1.82) is 0 Å². The average Bonchev–Trinajstić information content (AvgIpc) is 2.83. The van der Waals surface area contributed by atoms with Gasteiger partial charge in [-0.2, -0.15) is 11.8 Å². The van der Waals surface area contributed by atoms with Crippen LogP contribution in [0.15, 0.2) is 24.4 Å². The maximum absolute atomic E-state index is 11.6. The lowest BCUT2D eigenvalue weighted by atomic mass is 10.0. The molecular weight excluding hydrogens is 284 g/mol. The van der Waals surface area contributed by atoms with Crippen molar-refractivity contribution in [1.82, 2.24) is 10.3 Å². The summed E-state index contributed by atoms with van der Waals surface area (Å²) >= 11 is 7.37. The summed E-state index contributed by atoms with van der Waals surface area (Å²) in [6, 6.07) is 3.44. The predicted octanol–water partition coefficient (Wildman–Crippen LogP) is 1.73. The highest BCUT2D eigenvalue weighted by molar-refractivity contribution is 7.99. The second-order valence-electron chi connectivity index (χ2n) is 4.49. The van der Waals surface area contributed by atoms with Crippen molar-refractivity contribution in [3.05, 3.63) is 35.1 Å². The molecule has 0 aromatic carbocycles. The fourth-order valence-corrected chi connectivity index (χ4v) is 3.11. The summed E-state index contributed by atoms with van der Waals surface area (Å²) in [5.74, 6) is 1.40. The number of amides is 1. The summed E-state index contributed by atoms with van der Waals surface area (Å²) in [7, 11) is 0. The topological polar surface area (TPSA) is 62.2 Å². The first-order valence-electron chi connectivity index (χ1n) is 5.95. The zero-order valence-corrected chi connectivity index (χ0v) is 11.9. The second-order valence-corrected chi connectivity index (χ2v) is 5.98. The van der Waals surface area contributed by atoms with E-state index in [2.05, 4.69) is 10.3 Å². The molecule has 1 saturated heterocycles. The second kappa shape index (κ2) is 6.41. The minimum atomic E-state index is -0.754. The molecule has 1 aliphatic rings. The number of aliphatic hydroxyl groups is 1. The SMILES string of the molecule is O=C(/C=C/c1ccc(Cl)nc1)NCC1(O)CCSC1. The average molecular weight is 299 g/mol. The third-order valence-corrected chi connectivity index (χ3v) is 4.31. The van der Waals surface area contributed by atoms with Crippen LogP contribution >= 0.6 is 23.4 Å². The molecule has 0 saturated carbocycles. The van der Waals surface area contributed by atoms with Crippen LogP contribution in [-0.4, -0.2) is 39.6 Å². The van der Waals surface area contributed by atoms with Gasteiger partial charge in [-0.3, -0.25) is 4.79 Å². The van der Waals surface area contributed by atoms with Crippen LogP contribution in [0.25, 0.3) is 6.08 Å². The van der Waals surface area contributed by atoms with E-state index in [9.17, 15) is 9.90 Å². The van der Waals surface area contributed by atoms with Crippen molar-refractivity contribution in [2.75, 3.05) is 18.1 Å². The molecule has 4 nitrogen and oxygen atoms in total. The largest absolute Gasteiger partial charge is 0.387 e. The lowest BCUT2D eigenvalue weighted by molar-refractivity contribution is -0.117. The molecule has 1 unspecified atom stereocenters. The number of rotatable bonds is 4. The first-order valence-corrected chi connectivity index (χ1v) is 7.48. The normalized spacial score (nSPS) is 22.8. The van der Waals surface area contributed by atoms with E-state index in [-0.39, 0.29) is 5.91 Å². The molecule has 6 heteroatoms. The zero-order valence-electron chi connectivity index (χ0n) is 10.3. The molecular formula is C13H15ClN2O2S. The maximum Gasteiger partial charge on any atom is 0.244 e. The van der Waals surface area contributed by atoms with Crippen LogP contribution < -0.4 is 5.32 Å². The highest BCUT2D eigenvalue weighted by Crippen LogP contribution is 2.26. The van der Waals surface area contributed by atoms with Gasteiger partial charge in [-0.05, 0) is 29.9 Å². The van der Waals surface area contributed by atoms with Gasteiger partial charge in [0, 0.05) is 24.6 Å². The van der Waals surface area contributed by atoms with Gasteiger partial charge in [-0.25, -0.2) is 4.98 Å². The van der Waals surface area contributed by atoms with E-state index in [0.29, 0.717) is 17.5 Å². The Labute approximate surface area is 121 Å². The first-order chi connectivity index (χ1) is 9.07. The van der Waals surface area contributed by atoms with Crippen LogP contribution in [0.4, 0.5) is 0 Å². The van der Waals surface area contributed by atoms with Gasteiger partial charge in [0.25, 0.3) is 0 Å². The Morgan fingerprint density at radius 3 is 3.11 bits per heavy atom. The smallest absolute Gasteiger partial charge is 0.244 e. The van der Waals surface area contributed by atoms with Gasteiger partial charge in [0.05, 0.1) is 5.60 Å². The van der Waals surface area contributed by atoms with E-state index in [0.717, 1.165) is 17.7 Å². The van der Waals surface area contributed by atoms with Gasteiger partial charge < -0.3 is 10.4 Å². The Morgan fingerprint density at radius 1 is 1.63 bits per heavy atom. The number of hydrogen-bond donors (Lipinski definition) is 2. The van der Waals surface area contributed by atoms with Crippen molar-refractivity contribution in [3.63, 3.8) is 0 Å². The lowest BCUT2D eigenvalue weighted by Gasteiger charge is -2.20. The van der Waals surface area contributed by atoms with Gasteiger partial charge in [-0.1, -0.05) is 17.7 Å². The van der Waals surface area contributed by atoms with Gasteiger partial charge in [0.1, 0.15) is 5.15 Å². The van der Waals surface area contributed by atoms with Gasteiger partial charge in [0.2, 0.25) is 5.91 Å². The number of halogens is 1. The summed E-state index contributed by atoms with van der Waals surface area (Å²) in [5, 5.41) is 13.2. The van der Waals surface area contributed by atoms with Crippen molar-refractivity contribution in [2.24, 2.45) is 0 Å². The summed E-state index contributed by atoms with van der Waals surface area (Å²) in [6.45, 7) is 0.294. The number of thioether (sulfide) groups is 1. The van der Waals surface area contributed by atoms with Gasteiger partial charge >= 0.3 is 0 Å². The van der Waals surface area contributed by atoms with E-state index < -0.39 is 5.60 Å². The summed E-state index contributed by atoms with van der Waals surface area (Å²) in [6.07, 6.45) is 5.40. The van der Waals surface area contributed by atoms with E-state index in [1.54, 1.807) is 36.2 Å². The van der Waals surface area contributed by atoms with Crippen LogP contribution in [0.1, 0.15) is 12.0 Å². The number of nitrogens with zero attached hydrogens (tertiary/aromatic N) is 1. The van der Waals surface area contributed by atoms with Crippen LogP contribution in [0.5, 0.6) is 0 Å². The molecule has 102 valence electrons. The van der Waals surface area contributed by atoms with Crippen molar-refractivity contribution in [3.8, 4) is 0 Å². The quantitative estimate of drug-likeness (QED) is 0.656. The molecule has 1 aromatic rings. The van der Waals surface area contributed by atoms with Crippen LogP contribution in [0.3, 0.4) is 0 Å². The molecule has 0 spiro atoms. The molecule has 1 amide bonds. The van der Waals surface area contributed by atoms with E-state index in [1.807, 2.05) is 0 Å². The fraction of sp³-hybridized carbons (Fsp3) is 0.385. The van der Waals surface area contributed by atoms with E-state index in [1.165, 1.54) is 6.08 Å².